The fourth-order valence-electron chi connectivity index (χ4n) is 5.24. The van der Waals surface area contributed by atoms with Crippen LogP contribution in [0.3, 0.4) is 0 Å². The number of fused-ring (bicyclic) bond motifs is 1. The van der Waals surface area contributed by atoms with Crippen molar-refractivity contribution >= 4 is 23.9 Å². The highest BCUT2D eigenvalue weighted by atomic mass is 35.5. The van der Waals surface area contributed by atoms with Crippen LogP contribution in [-0.4, -0.2) is 36.9 Å². The number of halogens is 1. The third-order valence-electron chi connectivity index (χ3n) is 6.99. The van der Waals surface area contributed by atoms with Gasteiger partial charge in [-0.25, -0.2) is 0 Å². The summed E-state index contributed by atoms with van der Waals surface area (Å²) >= 11 is 6.15. The Morgan fingerprint density at radius 1 is 1.03 bits per heavy atom. The van der Waals surface area contributed by atoms with Gasteiger partial charge in [-0.1, -0.05) is 79.0 Å². The summed E-state index contributed by atoms with van der Waals surface area (Å²) in [5.41, 5.74) is 4.26. The summed E-state index contributed by atoms with van der Waals surface area (Å²) in [6.45, 7) is 0.716. The maximum atomic E-state index is 13.3. The van der Waals surface area contributed by atoms with Gasteiger partial charge in [0.1, 0.15) is 5.75 Å². The summed E-state index contributed by atoms with van der Waals surface area (Å²) in [6, 6.07) is 24.1. The van der Waals surface area contributed by atoms with Crippen LogP contribution in [0, 0.1) is 0 Å². The number of amides is 2. The van der Waals surface area contributed by atoms with Gasteiger partial charge in [-0.2, -0.15) is 0 Å². The van der Waals surface area contributed by atoms with Gasteiger partial charge in [0.05, 0.1) is 13.2 Å². The summed E-state index contributed by atoms with van der Waals surface area (Å²) in [6.07, 6.45) is 7.00. The molecule has 1 saturated carbocycles. The van der Waals surface area contributed by atoms with Crippen LogP contribution in [0.2, 0.25) is 5.02 Å². The van der Waals surface area contributed by atoms with E-state index in [2.05, 4.69) is 16.3 Å². The minimum atomic E-state index is -0.00211. The Morgan fingerprint density at radius 2 is 1.75 bits per heavy atom. The Balaban J connectivity index is 0.000000233. The van der Waals surface area contributed by atoms with Crippen LogP contribution in [-0.2, 0) is 17.6 Å². The van der Waals surface area contributed by atoms with Crippen LogP contribution in [0.5, 0.6) is 5.75 Å². The highest BCUT2D eigenvalue weighted by Gasteiger charge is 2.39. The largest absolute Gasteiger partial charge is 0.496 e. The lowest BCUT2D eigenvalue weighted by Crippen LogP contribution is -2.45. The third-order valence-corrected chi connectivity index (χ3v) is 7.22. The molecule has 1 aliphatic carbocycles. The van der Waals surface area contributed by atoms with Gasteiger partial charge < -0.3 is 15.0 Å². The SMILES string of the molecule is COc1cc(Cl)ccc1C1Cc2ccccc2C(=O)N1C1CCCC1.O=CNCCc1ccccc1. The van der Waals surface area contributed by atoms with Crippen LogP contribution in [0.25, 0.3) is 0 Å². The molecule has 0 aromatic heterocycles. The van der Waals surface area contributed by atoms with E-state index in [0.717, 1.165) is 54.5 Å². The third kappa shape index (κ3) is 6.08. The van der Waals surface area contributed by atoms with E-state index < -0.39 is 0 Å². The molecule has 1 N–H and O–H groups in total. The Hall–Kier alpha value is -3.31. The highest BCUT2D eigenvalue weighted by Crippen LogP contribution is 2.42. The van der Waals surface area contributed by atoms with Crippen molar-refractivity contribution in [1.29, 1.82) is 0 Å². The van der Waals surface area contributed by atoms with E-state index in [4.69, 9.17) is 16.3 Å². The number of hydrogen-bond acceptors (Lipinski definition) is 3. The average molecular weight is 505 g/mol. The molecule has 1 heterocycles. The van der Waals surface area contributed by atoms with Crippen LogP contribution in [0.15, 0.2) is 72.8 Å². The summed E-state index contributed by atoms with van der Waals surface area (Å²) in [5, 5.41) is 3.26. The Bertz CT molecular complexity index is 1160. The number of methoxy groups -OCH3 is 1. The van der Waals surface area contributed by atoms with E-state index in [1.807, 2.05) is 66.7 Å². The van der Waals surface area contributed by atoms with Crippen molar-refractivity contribution in [3.63, 3.8) is 0 Å². The molecule has 2 amide bonds. The second-order valence-electron chi connectivity index (χ2n) is 9.22. The molecule has 5 rings (SSSR count). The number of carbonyl (C=O) groups excluding carboxylic acids is 2. The normalized spacial score (nSPS) is 17.1. The van der Waals surface area contributed by atoms with Crippen molar-refractivity contribution in [3.05, 3.63) is 100 Å². The summed E-state index contributed by atoms with van der Waals surface area (Å²) < 4.78 is 5.59. The quantitative estimate of drug-likeness (QED) is 0.317. The number of ether oxygens (including phenoxy) is 1. The predicted molar refractivity (Wildman–Crippen MR) is 144 cm³/mol. The van der Waals surface area contributed by atoms with E-state index in [9.17, 15) is 9.59 Å². The first kappa shape index (κ1) is 25.8. The summed E-state index contributed by atoms with van der Waals surface area (Å²) in [7, 11) is 1.66. The molecule has 1 aliphatic heterocycles. The maximum absolute atomic E-state index is 13.3. The predicted octanol–water partition coefficient (Wildman–Crippen LogP) is 6.01. The van der Waals surface area contributed by atoms with E-state index in [1.165, 1.54) is 18.4 Å². The first-order chi connectivity index (χ1) is 17.6. The van der Waals surface area contributed by atoms with Gasteiger partial charge in [-0.05, 0) is 55.0 Å². The molecule has 6 heteroatoms. The Labute approximate surface area is 218 Å². The Morgan fingerprint density at radius 3 is 2.47 bits per heavy atom. The topological polar surface area (TPSA) is 58.6 Å². The second-order valence-corrected chi connectivity index (χ2v) is 9.66. The van der Waals surface area contributed by atoms with Gasteiger partial charge in [-0.15, -0.1) is 0 Å². The molecular weight excluding hydrogens is 472 g/mol. The van der Waals surface area contributed by atoms with Crippen LogP contribution in [0.4, 0.5) is 0 Å². The smallest absolute Gasteiger partial charge is 0.254 e. The van der Waals surface area contributed by atoms with Gasteiger partial charge in [0.25, 0.3) is 5.91 Å². The summed E-state index contributed by atoms with van der Waals surface area (Å²) in [4.78, 5) is 25.3. The van der Waals surface area contributed by atoms with E-state index in [1.54, 1.807) is 7.11 Å². The molecular formula is C30H33ClN2O3. The molecule has 0 bridgehead atoms. The maximum Gasteiger partial charge on any atom is 0.254 e. The van der Waals surface area contributed by atoms with Crippen molar-refractivity contribution in [2.24, 2.45) is 0 Å². The van der Waals surface area contributed by atoms with Crippen molar-refractivity contribution in [3.8, 4) is 5.75 Å². The van der Waals surface area contributed by atoms with Crippen molar-refractivity contribution in [2.45, 2.75) is 50.6 Å². The molecule has 1 fully saturated rings. The van der Waals surface area contributed by atoms with E-state index >= 15 is 0 Å². The van der Waals surface area contributed by atoms with Crippen LogP contribution in [0.1, 0.15) is 58.8 Å². The van der Waals surface area contributed by atoms with Gasteiger partial charge in [0, 0.05) is 28.7 Å². The molecule has 5 nitrogen and oxygen atoms in total. The average Bonchev–Trinajstić information content (AvgIpc) is 3.44. The molecule has 3 aromatic carbocycles. The monoisotopic (exact) mass is 504 g/mol. The van der Waals surface area contributed by atoms with Gasteiger partial charge >= 0.3 is 0 Å². The number of nitrogens with one attached hydrogen (secondary N) is 1. The lowest BCUT2D eigenvalue weighted by molar-refractivity contribution is -0.109. The zero-order valence-corrected chi connectivity index (χ0v) is 21.4. The zero-order chi connectivity index (χ0) is 25.3. The molecule has 2 aliphatic rings. The Kier molecular flexibility index (Phi) is 9.01. The second kappa shape index (κ2) is 12.6. The fourth-order valence-corrected chi connectivity index (χ4v) is 5.40. The van der Waals surface area contributed by atoms with E-state index in [0.29, 0.717) is 17.6 Å². The molecule has 36 heavy (non-hydrogen) atoms. The number of hydrogen-bond donors (Lipinski definition) is 1. The first-order valence-corrected chi connectivity index (χ1v) is 12.9. The van der Waals surface area contributed by atoms with E-state index in [-0.39, 0.29) is 11.9 Å². The number of nitrogens with zero attached hydrogens (tertiary/aromatic N) is 1. The van der Waals surface area contributed by atoms with Crippen molar-refractivity contribution in [2.75, 3.05) is 13.7 Å². The lowest BCUT2D eigenvalue weighted by Gasteiger charge is -2.41. The minimum Gasteiger partial charge on any atom is -0.496 e. The van der Waals surface area contributed by atoms with Crippen molar-refractivity contribution < 1.29 is 14.3 Å². The van der Waals surface area contributed by atoms with Crippen LogP contribution < -0.4 is 10.1 Å². The number of rotatable bonds is 7. The molecule has 0 saturated heterocycles. The lowest BCUT2D eigenvalue weighted by atomic mass is 9.87. The number of benzene rings is 3. The molecule has 1 atom stereocenters. The summed E-state index contributed by atoms with van der Waals surface area (Å²) in [5.74, 6) is 0.906. The standard InChI is InChI=1S/C21H22ClNO2.C9H11NO/c1-25-20-13-15(22)10-11-18(20)19-12-14-6-2-5-9-17(14)21(24)23(19)16-7-3-4-8-16;11-8-10-7-6-9-4-2-1-3-5-9/h2,5-6,9-11,13,16,19H,3-4,7-8,12H2,1H3;1-5,8H,6-7H2,(H,10,11). The van der Waals surface area contributed by atoms with Gasteiger partial charge in [0.2, 0.25) is 6.41 Å². The molecule has 3 aromatic rings. The molecule has 0 radical (unpaired) electrons. The first-order valence-electron chi connectivity index (χ1n) is 12.6. The minimum absolute atomic E-state index is 0.00211. The fraction of sp³-hybridized carbons (Fsp3) is 0.333. The molecule has 1 unspecified atom stereocenters. The molecule has 0 spiro atoms. The van der Waals surface area contributed by atoms with Gasteiger partial charge in [-0.3, -0.25) is 9.59 Å². The van der Waals surface area contributed by atoms with Crippen LogP contribution >= 0.6 is 11.6 Å². The van der Waals surface area contributed by atoms with Gasteiger partial charge in [0.15, 0.2) is 0 Å². The highest BCUT2D eigenvalue weighted by molar-refractivity contribution is 6.30. The van der Waals surface area contributed by atoms with Crippen molar-refractivity contribution in [1.82, 2.24) is 10.2 Å². The zero-order valence-electron chi connectivity index (χ0n) is 20.7. The number of carbonyl (C=O) groups is 2. The molecule has 188 valence electrons.